The van der Waals surface area contributed by atoms with Gasteiger partial charge in [-0.1, -0.05) is 6.07 Å². The normalized spacial score (nSPS) is 10.7. The molecule has 0 aliphatic heterocycles. The molecule has 0 amide bonds. The van der Waals surface area contributed by atoms with Crippen LogP contribution in [0.2, 0.25) is 0 Å². The van der Waals surface area contributed by atoms with Gasteiger partial charge >= 0.3 is 0 Å². The Hall–Kier alpha value is -0.710. The molecule has 4 heteroatoms. The third kappa shape index (κ3) is 1.87. The highest BCUT2D eigenvalue weighted by molar-refractivity contribution is 7.15. The third-order valence-corrected chi connectivity index (χ3v) is 3.84. The summed E-state index contributed by atoms with van der Waals surface area (Å²) < 4.78 is 0. The van der Waals surface area contributed by atoms with E-state index in [0.717, 1.165) is 17.1 Å². The molecule has 0 aliphatic rings. The first kappa shape index (κ1) is 9.83. The number of thiophene rings is 1. The fourth-order valence-electron chi connectivity index (χ4n) is 1.38. The zero-order valence-corrected chi connectivity index (χ0v) is 9.62. The highest BCUT2D eigenvalue weighted by Crippen LogP contribution is 2.31. The van der Waals surface area contributed by atoms with Gasteiger partial charge in [-0.25, -0.2) is 4.98 Å². The summed E-state index contributed by atoms with van der Waals surface area (Å²) in [6.45, 7) is 2.74. The van der Waals surface area contributed by atoms with E-state index in [1.807, 2.05) is 6.92 Å². The number of thiazole rings is 1. The van der Waals surface area contributed by atoms with Gasteiger partial charge in [0.05, 0.1) is 15.6 Å². The number of nitrogens with zero attached hydrogens (tertiary/aromatic N) is 1. The largest absolute Gasteiger partial charge is 0.330 e. The first-order chi connectivity index (χ1) is 6.81. The fraction of sp³-hybridized carbons (Fsp3) is 0.300. The molecule has 2 N–H and O–H groups in total. The second kappa shape index (κ2) is 4.21. The van der Waals surface area contributed by atoms with Crippen LogP contribution in [0, 0.1) is 6.92 Å². The quantitative estimate of drug-likeness (QED) is 0.870. The van der Waals surface area contributed by atoms with Crippen molar-refractivity contribution in [3.63, 3.8) is 0 Å². The van der Waals surface area contributed by atoms with Crippen LogP contribution in [0.5, 0.6) is 0 Å². The van der Waals surface area contributed by atoms with E-state index in [0.29, 0.717) is 6.54 Å². The van der Waals surface area contributed by atoms with E-state index >= 15 is 0 Å². The Kier molecular flexibility index (Phi) is 2.96. The van der Waals surface area contributed by atoms with Crippen LogP contribution >= 0.6 is 22.7 Å². The number of nitrogens with two attached hydrogens (primary N) is 1. The molecule has 2 heterocycles. The fourth-order valence-corrected chi connectivity index (χ4v) is 3.15. The monoisotopic (exact) mass is 224 g/mol. The van der Waals surface area contributed by atoms with Crippen LogP contribution in [0.25, 0.3) is 10.6 Å². The summed E-state index contributed by atoms with van der Waals surface area (Å²) >= 11 is 3.49. The van der Waals surface area contributed by atoms with E-state index in [1.165, 1.54) is 9.75 Å². The summed E-state index contributed by atoms with van der Waals surface area (Å²) in [6.07, 6.45) is 0.929. The van der Waals surface area contributed by atoms with Crippen molar-refractivity contribution in [2.45, 2.75) is 13.3 Å². The van der Waals surface area contributed by atoms with Crippen molar-refractivity contribution in [2.75, 3.05) is 6.54 Å². The molecule has 0 fully saturated rings. The summed E-state index contributed by atoms with van der Waals surface area (Å²) in [5, 5.41) is 3.20. The molecule has 0 spiro atoms. The number of hydrogen-bond donors (Lipinski definition) is 1. The first-order valence-corrected chi connectivity index (χ1v) is 6.21. The number of rotatable bonds is 3. The van der Waals surface area contributed by atoms with Crippen molar-refractivity contribution in [3.8, 4) is 10.6 Å². The molecule has 0 aromatic carbocycles. The maximum Gasteiger partial charge on any atom is 0.0946 e. The van der Waals surface area contributed by atoms with Crippen LogP contribution in [0.3, 0.4) is 0 Å². The van der Waals surface area contributed by atoms with Crippen molar-refractivity contribution in [3.05, 3.63) is 27.4 Å². The summed E-state index contributed by atoms with van der Waals surface area (Å²) in [6, 6.07) is 4.17. The smallest absolute Gasteiger partial charge is 0.0946 e. The van der Waals surface area contributed by atoms with E-state index in [-0.39, 0.29) is 0 Å². The van der Waals surface area contributed by atoms with Crippen LogP contribution in [0.4, 0.5) is 0 Å². The topological polar surface area (TPSA) is 38.9 Å². The van der Waals surface area contributed by atoms with Crippen LogP contribution in [0.1, 0.15) is 9.88 Å². The molecule has 0 saturated heterocycles. The molecule has 0 aliphatic carbocycles. The summed E-state index contributed by atoms with van der Waals surface area (Å²) in [5.74, 6) is 0. The number of hydrogen-bond acceptors (Lipinski definition) is 4. The standard InChI is InChI=1S/C10H12N2S2/c1-7-12-10(8-3-2-6-13-8)9(14-7)4-5-11/h2-3,6H,4-5,11H2,1H3. The molecular formula is C10H12N2S2. The van der Waals surface area contributed by atoms with E-state index in [9.17, 15) is 0 Å². The van der Waals surface area contributed by atoms with Gasteiger partial charge in [-0.3, -0.25) is 0 Å². The molecule has 2 rings (SSSR count). The van der Waals surface area contributed by atoms with E-state index < -0.39 is 0 Å². The van der Waals surface area contributed by atoms with Crippen molar-refractivity contribution < 1.29 is 0 Å². The minimum Gasteiger partial charge on any atom is -0.330 e. The summed E-state index contributed by atoms with van der Waals surface area (Å²) in [4.78, 5) is 7.11. The lowest BCUT2D eigenvalue weighted by atomic mass is 10.2. The second-order valence-corrected chi connectivity index (χ2v) is 5.26. The minimum atomic E-state index is 0.694. The molecule has 14 heavy (non-hydrogen) atoms. The average Bonchev–Trinajstić information content (AvgIpc) is 2.74. The van der Waals surface area contributed by atoms with Gasteiger partial charge in [0.2, 0.25) is 0 Å². The zero-order chi connectivity index (χ0) is 9.97. The molecule has 0 bridgehead atoms. The predicted molar refractivity (Wildman–Crippen MR) is 62.9 cm³/mol. The maximum absolute atomic E-state index is 5.57. The molecule has 2 aromatic heterocycles. The van der Waals surface area contributed by atoms with Gasteiger partial charge in [-0.05, 0) is 31.3 Å². The molecular weight excluding hydrogens is 212 g/mol. The Bertz CT molecular complexity index is 404. The van der Waals surface area contributed by atoms with Crippen LogP contribution in [-0.4, -0.2) is 11.5 Å². The van der Waals surface area contributed by atoms with Gasteiger partial charge in [-0.15, -0.1) is 22.7 Å². The lowest BCUT2D eigenvalue weighted by Gasteiger charge is -1.96. The third-order valence-electron chi connectivity index (χ3n) is 1.93. The highest BCUT2D eigenvalue weighted by Gasteiger charge is 2.10. The Morgan fingerprint density at radius 3 is 3.00 bits per heavy atom. The summed E-state index contributed by atoms with van der Waals surface area (Å²) in [7, 11) is 0. The van der Waals surface area contributed by atoms with Gasteiger partial charge in [0.1, 0.15) is 0 Å². The predicted octanol–water partition coefficient (Wildman–Crippen LogP) is 2.68. The molecule has 0 atom stereocenters. The van der Waals surface area contributed by atoms with E-state index in [1.54, 1.807) is 22.7 Å². The Morgan fingerprint density at radius 1 is 1.50 bits per heavy atom. The Morgan fingerprint density at radius 2 is 2.36 bits per heavy atom. The summed E-state index contributed by atoms with van der Waals surface area (Å²) in [5.41, 5.74) is 6.71. The van der Waals surface area contributed by atoms with Crippen LogP contribution in [0.15, 0.2) is 17.5 Å². The maximum atomic E-state index is 5.57. The van der Waals surface area contributed by atoms with Gasteiger partial charge in [0.25, 0.3) is 0 Å². The van der Waals surface area contributed by atoms with Crippen molar-refractivity contribution in [2.24, 2.45) is 5.73 Å². The lowest BCUT2D eigenvalue weighted by molar-refractivity contribution is 0.986. The minimum absolute atomic E-state index is 0.694. The average molecular weight is 224 g/mol. The van der Waals surface area contributed by atoms with Gasteiger partial charge in [-0.2, -0.15) is 0 Å². The highest BCUT2D eigenvalue weighted by atomic mass is 32.1. The van der Waals surface area contributed by atoms with Crippen molar-refractivity contribution in [1.29, 1.82) is 0 Å². The molecule has 0 radical (unpaired) electrons. The number of aryl methyl sites for hydroxylation is 1. The van der Waals surface area contributed by atoms with Crippen LogP contribution < -0.4 is 5.73 Å². The molecule has 2 nitrogen and oxygen atoms in total. The Labute approximate surface area is 91.4 Å². The van der Waals surface area contributed by atoms with Gasteiger partial charge in [0.15, 0.2) is 0 Å². The number of aromatic nitrogens is 1. The van der Waals surface area contributed by atoms with Gasteiger partial charge in [0, 0.05) is 4.88 Å². The van der Waals surface area contributed by atoms with Crippen LogP contribution in [-0.2, 0) is 6.42 Å². The van der Waals surface area contributed by atoms with Crippen molar-refractivity contribution in [1.82, 2.24) is 4.98 Å². The molecule has 0 saturated carbocycles. The lowest BCUT2D eigenvalue weighted by Crippen LogP contribution is -2.01. The van der Waals surface area contributed by atoms with Gasteiger partial charge < -0.3 is 5.73 Å². The molecule has 2 aromatic rings. The second-order valence-electron chi connectivity index (χ2n) is 3.02. The molecule has 0 unspecified atom stereocenters. The van der Waals surface area contributed by atoms with Crippen molar-refractivity contribution >= 4 is 22.7 Å². The Balaban J connectivity index is 2.41. The van der Waals surface area contributed by atoms with E-state index in [2.05, 4.69) is 22.5 Å². The first-order valence-electron chi connectivity index (χ1n) is 4.51. The zero-order valence-electron chi connectivity index (χ0n) is 7.99. The van der Waals surface area contributed by atoms with E-state index in [4.69, 9.17) is 5.73 Å². The molecule has 74 valence electrons. The SMILES string of the molecule is Cc1nc(-c2cccs2)c(CCN)s1.